The zero-order valence-corrected chi connectivity index (χ0v) is 22.3. The van der Waals surface area contributed by atoms with Crippen molar-refractivity contribution in [3.63, 3.8) is 0 Å². The molecule has 3 aromatic rings. The van der Waals surface area contributed by atoms with Gasteiger partial charge in [0.1, 0.15) is 5.76 Å². The molecule has 6 nitrogen and oxygen atoms in total. The maximum atomic E-state index is 13.6. The van der Waals surface area contributed by atoms with E-state index in [1.165, 1.54) is 16.0 Å². The Hall–Kier alpha value is -4.06. The molecular weight excluding hydrogens is 478 g/mol. The van der Waals surface area contributed by atoms with E-state index in [1.807, 2.05) is 63.2 Å². The summed E-state index contributed by atoms with van der Waals surface area (Å²) in [6.07, 6.45) is 4.20. The summed E-state index contributed by atoms with van der Waals surface area (Å²) in [6, 6.07) is 16.2. The number of ether oxygens (including phenoxy) is 2. The van der Waals surface area contributed by atoms with E-state index in [1.54, 1.807) is 19.2 Å². The topological polar surface area (TPSA) is 76.1 Å². The number of carbonyl (C=O) groups excluding carboxylic acids is 2. The first kappa shape index (κ1) is 25.6. The number of hydrogen-bond donors (Lipinski definition) is 1. The zero-order chi connectivity index (χ0) is 27.0. The average molecular weight is 512 g/mol. The predicted octanol–water partition coefficient (Wildman–Crippen LogP) is 6.22. The maximum absolute atomic E-state index is 13.6. The lowest BCUT2D eigenvalue weighted by Gasteiger charge is -2.27. The molecule has 0 aromatic heterocycles. The summed E-state index contributed by atoms with van der Waals surface area (Å²) in [5.41, 5.74) is 6.27. The Kier molecular flexibility index (Phi) is 6.98. The van der Waals surface area contributed by atoms with E-state index in [-0.39, 0.29) is 11.3 Å². The number of Topliss-reactive ketones (excluding diaryl/α,β-unsaturated/α-hetero) is 1. The Bertz CT molecular complexity index is 1430. The van der Waals surface area contributed by atoms with Gasteiger partial charge in [0.05, 0.1) is 25.3 Å². The van der Waals surface area contributed by atoms with Crippen molar-refractivity contribution >= 4 is 23.1 Å². The lowest BCUT2D eigenvalue weighted by Crippen LogP contribution is -2.29. The maximum Gasteiger partial charge on any atom is 0.300 e. The van der Waals surface area contributed by atoms with Gasteiger partial charge in [0.15, 0.2) is 11.5 Å². The lowest BCUT2D eigenvalue weighted by atomic mass is 9.88. The van der Waals surface area contributed by atoms with Crippen molar-refractivity contribution in [1.82, 2.24) is 0 Å². The Balaban J connectivity index is 1.73. The second-order valence-corrected chi connectivity index (χ2v) is 10.0. The molecule has 1 fully saturated rings. The molecule has 1 aliphatic carbocycles. The second-order valence-electron chi connectivity index (χ2n) is 10.0. The number of aliphatic hydroxyl groups excluding tert-OH is 1. The molecule has 0 saturated carbocycles. The Morgan fingerprint density at radius 3 is 2.32 bits per heavy atom. The number of nitrogens with zero attached hydrogens (tertiary/aromatic N) is 1. The number of fused-ring (bicyclic) bond motifs is 1. The molecule has 0 radical (unpaired) electrons. The van der Waals surface area contributed by atoms with Crippen LogP contribution in [0.1, 0.15) is 59.2 Å². The normalized spacial score (nSPS) is 18.4. The van der Waals surface area contributed by atoms with Crippen molar-refractivity contribution in [2.75, 3.05) is 18.6 Å². The molecule has 1 saturated heterocycles. The van der Waals surface area contributed by atoms with Crippen LogP contribution in [0.5, 0.6) is 11.5 Å². The van der Waals surface area contributed by atoms with Crippen molar-refractivity contribution in [3.05, 3.63) is 93.6 Å². The number of carbonyl (C=O) groups is 2. The van der Waals surface area contributed by atoms with E-state index in [2.05, 4.69) is 0 Å². The highest BCUT2D eigenvalue weighted by atomic mass is 16.5. The number of aryl methyl sites for hydroxylation is 4. The van der Waals surface area contributed by atoms with Crippen LogP contribution in [0.25, 0.3) is 5.76 Å². The Morgan fingerprint density at radius 2 is 1.63 bits per heavy atom. The van der Waals surface area contributed by atoms with Crippen molar-refractivity contribution < 1.29 is 24.2 Å². The van der Waals surface area contributed by atoms with Crippen LogP contribution in [0.4, 0.5) is 5.69 Å². The van der Waals surface area contributed by atoms with E-state index in [9.17, 15) is 14.7 Å². The van der Waals surface area contributed by atoms with Gasteiger partial charge in [-0.3, -0.25) is 14.5 Å². The molecule has 3 aromatic carbocycles. The minimum atomic E-state index is -0.836. The summed E-state index contributed by atoms with van der Waals surface area (Å²) in [6.45, 7) is 6.21. The molecular formula is C32H33NO5. The van der Waals surface area contributed by atoms with Gasteiger partial charge in [-0.25, -0.2) is 0 Å². The Labute approximate surface area is 223 Å². The lowest BCUT2D eigenvalue weighted by molar-refractivity contribution is -0.132. The molecule has 38 heavy (non-hydrogen) atoms. The summed E-state index contributed by atoms with van der Waals surface area (Å²) in [5.74, 6) is -0.491. The molecule has 1 unspecified atom stereocenters. The highest BCUT2D eigenvalue weighted by Gasteiger charge is 2.47. The number of anilines is 1. The van der Waals surface area contributed by atoms with E-state index in [0.717, 1.165) is 36.8 Å². The molecule has 196 valence electrons. The smallest absolute Gasteiger partial charge is 0.300 e. The van der Waals surface area contributed by atoms with Crippen LogP contribution >= 0.6 is 0 Å². The van der Waals surface area contributed by atoms with Crippen LogP contribution in [0.3, 0.4) is 0 Å². The first-order valence-electron chi connectivity index (χ1n) is 13.1. The molecule has 0 spiro atoms. The second kappa shape index (κ2) is 10.4. The van der Waals surface area contributed by atoms with Gasteiger partial charge in [-0.2, -0.15) is 0 Å². The highest BCUT2D eigenvalue weighted by molar-refractivity contribution is 6.51. The van der Waals surface area contributed by atoms with Crippen LogP contribution in [-0.4, -0.2) is 30.5 Å². The van der Waals surface area contributed by atoms with Crippen molar-refractivity contribution in [2.45, 2.75) is 52.5 Å². The van der Waals surface area contributed by atoms with Gasteiger partial charge in [0.25, 0.3) is 11.7 Å². The zero-order valence-electron chi connectivity index (χ0n) is 22.3. The van der Waals surface area contributed by atoms with Crippen LogP contribution in [0.15, 0.2) is 60.2 Å². The van der Waals surface area contributed by atoms with Crippen molar-refractivity contribution in [3.8, 4) is 11.5 Å². The summed E-state index contributed by atoms with van der Waals surface area (Å²) >= 11 is 0. The molecule has 0 bridgehead atoms. The van der Waals surface area contributed by atoms with Gasteiger partial charge in [0.2, 0.25) is 0 Å². The van der Waals surface area contributed by atoms with Gasteiger partial charge in [-0.15, -0.1) is 0 Å². The fourth-order valence-corrected chi connectivity index (χ4v) is 5.67. The first-order valence-corrected chi connectivity index (χ1v) is 13.1. The number of methoxy groups -OCH3 is 1. The predicted molar refractivity (Wildman–Crippen MR) is 148 cm³/mol. The molecule has 2 aliphatic rings. The van der Waals surface area contributed by atoms with Crippen LogP contribution in [-0.2, 0) is 22.4 Å². The number of amides is 1. The monoisotopic (exact) mass is 511 g/mol. The van der Waals surface area contributed by atoms with E-state index >= 15 is 0 Å². The van der Waals surface area contributed by atoms with Crippen LogP contribution in [0.2, 0.25) is 0 Å². The van der Waals surface area contributed by atoms with Gasteiger partial charge in [-0.05, 0) is 105 Å². The van der Waals surface area contributed by atoms with Crippen LogP contribution < -0.4 is 14.4 Å². The molecule has 1 heterocycles. The quantitative estimate of drug-likeness (QED) is 0.242. The molecule has 1 amide bonds. The van der Waals surface area contributed by atoms with Crippen molar-refractivity contribution in [2.24, 2.45) is 0 Å². The molecule has 1 N–H and O–H groups in total. The summed E-state index contributed by atoms with van der Waals surface area (Å²) < 4.78 is 11.3. The molecule has 1 atom stereocenters. The third-order valence-electron chi connectivity index (χ3n) is 7.35. The average Bonchev–Trinajstić information content (AvgIpc) is 3.17. The van der Waals surface area contributed by atoms with E-state index in [4.69, 9.17) is 9.47 Å². The summed E-state index contributed by atoms with van der Waals surface area (Å²) in [4.78, 5) is 28.7. The standard InChI is InChI=1S/C32H33NO5/c1-5-38-27-18-23(12-13-26(27)37-4)29-28(30(34)24-11-10-21-8-6-7-9-22(21)17-24)31(35)32(36)33(29)25-15-19(2)14-20(3)16-25/h10-18,29,34H,5-9H2,1-4H3/b30-28+. The fourth-order valence-electron chi connectivity index (χ4n) is 5.67. The molecule has 6 heteroatoms. The third-order valence-corrected chi connectivity index (χ3v) is 7.35. The molecule has 5 rings (SSSR count). The van der Waals surface area contributed by atoms with Crippen molar-refractivity contribution in [1.29, 1.82) is 0 Å². The Morgan fingerprint density at radius 1 is 0.921 bits per heavy atom. The third kappa shape index (κ3) is 4.55. The number of hydrogen-bond acceptors (Lipinski definition) is 5. The van der Waals surface area contributed by atoms with Gasteiger partial charge >= 0.3 is 0 Å². The van der Waals surface area contributed by atoms with E-state index < -0.39 is 17.7 Å². The minimum Gasteiger partial charge on any atom is -0.507 e. The van der Waals surface area contributed by atoms with Gasteiger partial charge < -0.3 is 14.6 Å². The first-order chi connectivity index (χ1) is 18.3. The number of ketones is 1. The minimum absolute atomic E-state index is 0.0672. The number of benzene rings is 3. The van der Waals surface area contributed by atoms with Crippen LogP contribution in [0, 0.1) is 13.8 Å². The molecule has 1 aliphatic heterocycles. The highest BCUT2D eigenvalue weighted by Crippen LogP contribution is 2.44. The largest absolute Gasteiger partial charge is 0.507 e. The fraction of sp³-hybridized carbons (Fsp3) is 0.312. The van der Waals surface area contributed by atoms with E-state index in [0.29, 0.717) is 34.9 Å². The SMILES string of the molecule is CCOc1cc(C2/C(=C(\O)c3ccc4c(c3)CCCC4)C(=O)C(=O)N2c2cc(C)cc(C)c2)ccc1OC. The number of rotatable bonds is 6. The summed E-state index contributed by atoms with van der Waals surface area (Å²) in [5, 5.41) is 11.6. The summed E-state index contributed by atoms with van der Waals surface area (Å²) in [7, 11) is 1.56. The number of aliphatic hydroxyl groups is 1. The van der Waals surface area contributed by atoms with Gasteiger partial charge in [0, 0.05) is 11.3 Å². The van der Waals surface area contributed by atoms with Gasteiger partial charge in [-0.1, -0.05) is 24.3 Å².